The van der Waals surface area contributed by atoms with Crippen molar-refractivity contribution in [1.82, 2.24) is 14.6 Å². The van der Waals surface area contributed by atoms with Gasteiger partial charge in [-0.15, -0.1) is 0 Å². The van der Waals surface area contributed by atoms with Gasteiger partial charge in [0.15, 0.2) is 0 Å². The van der Waals surface area contributed by atoms with E-state index in [1.54, 1.807) is 24.3 Å². The average molecular weight is 697 g/mol. The first-order valence-corrected chi connectivity index (χ1v) is 18.9. The van der Waals surface area contributed by atoms with Crippen LogP contribution in [0.15, 0.2) is 60.9 Å². The van der Waals surface area contributed by atoms with Crippen molar-refractivity contribution in [1.29, 1.82) is 0 Å². The highest BCUT2D eigenvalue weighted by molar-refractivity contribution is 7.90. The number of rotatable bonds is 10. The Bertz CT molecular complexity index is 1750. The molecule has 1 aliphatic heterocycles. The molecule has 5 aliphatic rings. The molecule has 3 aromatic rings. The van der Waals surface area contributed by atoms with Crippen LogP contribution in [-0.4, -0.2) is 62.7 Å². The summed E-state index contributed by atoms with van der Waals surface area (Å²) in [6, 6.07) is 12.8. The number of alkyl halides is 3. The molecule has 0 spiro atoms. The second kappa shape index (κ2) is 13.2. The molecule has 262 valence electrons. The van der Waals surface area contributed by atoms with Crippen molar-refractivity contribution in [2.45, 2.75) is 58.2 Å². The zero-order chi connectivity index (χ0) is 34.4. The highest BCUT2D eigenvalue weighted by Crippen LogP contribution is 2.60. The normalized spacial score (nSPS) is 25.4. The van der Waals surface area contributed by atoms with E-state index in [9.17, 15) is 26.4 Å². The number of benzene rings is 2. The molecule has 8 nitrogen and oxygen atoms in total. The van der Waals surface area contributed by atoms with Crippen LogP contribution in [0.1, 0.15) is 66.9 Å². The van der Waals surface area contributed by atoms with Gasteiger partial charge in [0.05, 0.1) is 24.1 Å². The molecule has 4 saturated carbocycles. The minimum absolute atomic E-state index is 0.0255. The molecule has 1 amide bonds. The lowest BCUT2D eigenvalue weighted by Crippen LogP contribution is -2.51. The van der Waals surface area contributed by atoms with Crippen LogP contribution in [0, 0.1) is 23.2 Å². The number of nitrogens with zero attached hydrogens (tertiary/aromatic N) is 3. The van der Waals surface area contributed by atoms with E-state index in [2.05, 4.69) is 19.5 Å². The first-order valence-electron chi connectivity index (χ1n) is 17.3. The predicted molar refractivity (Wildman–Crippen MR) is 182 cm³/mol. The highest BCUT2D eigenvalue weighted by Gasteiger charge is 2.52. The van der Waals surface area contributed by atoms with Crippen LogP contribution < -0.4 is 14.4 Å². The fourth-order valence-electron chi connectivity index (χ4n) is 9.29. The number of ether oxygens (including phenoxy) is 1. The standard InChI is InChI=1S/C37H43F3N4O4S/c1-2-48-34-17-31(21-41-22-34)30-14-28(15-32(16-30)37(38,39)40)23-43-7-9-44(10-8-43)33-5-3-29(4-6-33)35(45)42-49(46,47)24-36-18-25-11-26(19-36)13-27(12-25)20-36/h3-6,14-17,21-22,25-27H,2,7-13,18-20,23-24H2,1H3,(H,42,45). The molecule has 2 aromatic carbocycles. The van der Waals surface area contributed by atoms with Gasteiger partial charge in [0, 0.05) is 55.7 Å². The third kappa shape index (κ3) is 7.75. The minimum Gasteiger partial charge on any atom is -0.492 e. The number of sulfonamides is 1. The number of aromatic nitrogens is 1. The van der Waals surface area contributed by atoms with E-state index in [0.717, 1.165) is 31.0 Å². The molecule has 5 fully saturated rings. The summed E-state index contributed by atoms with van der Waals surface area (Å²) >= 11 is 0. The van der Waals surface area contributed by atoms with E-state index < -0.39 is 27.7 Å². The SMILES string of the molecule is CCOc1cncc(-c2cc(CN3CCN(c4ccc(C(=O)NS(=O)(=O)CC56CC7CC(CC(C7)C5)C6)cc4)CC3)cc(C(F)(F)F)c2)c1. The number of piperazine rings is 1. The van der Waals surface area contributed by atoms with Gasteiger partial charge in [-0.05, 0) is 128 Å². The van der Waals surface area contributed by atoms with E-state index in [1.165, 1.54) is 37.7 Å². The Balaban J connectivity index is 0.954. The Labute approximate surface area is 286 Å². The lowest BCUT2D eigenvalue weighted by Gasteiger charge is -2.56. The third-order valence-corrected chi connectivity index (χ3v) is 12.3. The maximum atomic E-state index is 13.9. The molecule has 1 saturated heterocycles. The smallest absolute Gasteiger partial charge is 0.416 e. The van der Waals surface area contributed by atoms with Crippen LogP contribution in [0.5, 0.6) is 5.75 Å². The summed E-state index contributed by atoms with van der Waals surface area (Å²) in [5.41, 5.74) is 1.85. The number of amides is 1. The monoisotopic (exact) mass is 696 g/mol. The summed E-state index contributed by atoms with van der Waals surface area (Å²) in [4.78, 5) is 21.4. The summed E-state index contributed by atoms with van der Waals surface area (Å²) in [5, 5.41) is 0. The Morgan fingerprint density at radius 3 is 2.18 bits per heavy atom. The van der Waals surface area contributed by atoms with Crippen molar-refractivity contribution in [3.8, 4) is 16.9 Å². The average Bonchev–Trinajstić information content (AvgIpc) is 3.03. The van der Waals surface area contributed by atoms with Crippen molar-refractivity contribution < 1.29 is 31.1 Å². The summed E-state index contributed by atoms with van der Waals surface area (Å²) in [5.74, 6) is 1.81. The largest absolute Gasteiger partial charge is 0.492 e. The number of anilines is 1. The van der Waals surface area contributed by atoms with Crippen LogP contribution in [0.3, 0.4) is 0 Å². The molecule has 49 heavy (non-hydrogen) atoms. The first kappa shape index (κ1) is 33.8. The van der Waals surface area contributed by atoms with Crippen LogP contribution in [0.4, 0.5) is 18.9 Å². The number of carbonyl (C=O) groups is 1. The molecule has 2 heterocycles. The van der Waals surface area contributed by atoms with Gasteiger partial charge >= 0.3 is 6.18 Å². The number of halogens is 3. The molecule has 0 unspecified atom stereocenters. The summed E-state index contributed by atoms with van der Waals surface area (Å²) in [6.07, 6.45) is 5.15. The van der Waals surface area contributed by atoms with Crippen LogP contribution in [0.25, 0.3) is 11.1 Å². The van der Waals surface area contributed by atoms with Gasteiger partial charge in [-0.3, -0.25) is 14.7 Å². The van der Waals surface area contributed by atoms with Gasteiger partial charge in [-0.1, -0.05) is 0 Å². The van der Waals surface area contributed by atoms with Crippen LogP contribution in [-0.2, 0) is 22.7 Å². The first-order chi connectivity index (χ1) is 23.4. The fraction of sp³-hybridized carbons (Fsp3) is 0.514. The number of nitrogens with one attached hydrogen (secondary N) is 1. The van der Waals surface area contributed by atoms with E-state index >= 15 is 0 Å². The Hall–Kier alpha value is -3.64. The lowest BCUT2D eigenvalue weighted by molar-refractivity contribution is -0.137. The zero-order valence-corrected chi connectivity index (χ0v) is 28.5. The molecule has 4 aliphatic carbocycles. The molecule has 12 heteroatoms. The Kier molecular flexibility index (Phi) is 9.14. The number of hydrogen-bond acceptors (Lipinski definition) is 7. The minimum atomic E-state index is -4.49. The number of pyridine rings is 1. The molecule has 0 atom stereocenters. The Morgan fingerprint density at radius 1 is 0.918 bits per heavy atom. The van der Waals surface area contributed by atoms with E-state index in [0.29, 0.717) is 85.1 Å². The summed E-state index contributed by atoms with van der Waals surface area (Å²) in [6.45, 7) is 5.20. The quantitative estimate of drug-likeness (QED) is 0.251. The van der Waals surface area contributed by atoms with Gasteiger partial charge in [0.2, 0.25) is 10.0 Å². The van der Waals surface area contributed by atoms with E-state index in [-0.39, 0.29) is 11.2 Å². The summed E-state index contributed by atoms with van der Waals surface area (Å²) < 4.78 is 75.8. The lowest BCUT2D eigenvalue weighted by atomic mass is 9.50. The summed E-state index contributed by atoms with van der Waals surface area (Å²) in [7, 11) is -3.77. The third-order valence-electron chi connectivity index (χ3n) is 10.9. The molecule has 4 bridgehead atoms. The predicted octanol–water partition coefficient (Wildman–Crippen LogP) is 6.76. The van der Waals surface area contributed by atoms with Crippen molar-refractivity contribution in [3.63, 3.8) is 0 Å². The van der Waals surface area contributed by atoms with Gasteiger partial charge in [-0.2, -0.15) is 13.2 Å². The van der Waals surface area contributed by atoms with Crippen molar-refractivity contribution in [2.75, 3.05) is 43.4 Å². The molecule has 1 aromatic heterocycles. The number of hydrogen-bond donors (Lipinski definition) is 1. The maximum absolute atomic E-state index is 13.9. The van der Waals surface area contributed by atoms with E-state index in [4.69, 9.17) is 4.74 Å². The van der Waals surface area contributed by atoms with Gasteiger partial charge in [0.25, 0.3) is 5.91 Å². The second-order valence-corrected chi connectivity index (χ2v) is 16.4. The molecular formula is C37H43F3N4O4S. The molecular weight excluding hydrogens is 653 g/mol. The zero-order valence-electron chi connectivity index (χ0n) is 27.7. The number of carbonyl (C=O) groups excluding carboxylic acids is 1. The topological polar surface area (TPSA) is 91.8 Å². The van der Waals surface area contributed by atoms with Crippen molar-refractivity contribution in [3.05, 3.63) is 77.6 Å². The molecule has 1 N–H and O–H groups in total. The maximum Gasteiger partial charge on any atom is 0.416 e. The molecule has 0 radical (unpaired) electrons. The molecule has 8 rings (SSSR count). The van der Waals surface area contributed by atoms with Gasteiger partial charge < -0.3 is 9.64 Å². The van der Waals surface area contributed by atoms with Crippen LogP contribution >= 0.6 is 0 Å². The fourth-order valence-corrected chi connectivity index (χ4v) is 10.9. The van der Waals surface area contributed by atoms with E-state index in [1.807, 2.05) is 19.1 Å². The van der Waals surface area contributed by atoms with Crippen molar-refractivity contribution in [2.24, 2.45) is 23.2 Å². The second-order valence-electron chi connectivity index (χ2n) is 14.7. The highest BCUT2D eigenvalue weighted by atomic mass is 32.2. The van der Waals surface area contributed by atoms with Crippen molar-refractivity contribution >= 4 is 21.6 Å². The van der Waals surface area contributed by atoms with Gasteiger partial charge in [-0.25, -0.2) is 13.1 Å². The van der Waals surface area contributed by atoms with Gasteiger partial charge in [0.1, 0.15) is 5.75 Å². The Morgan fingerprint density at radius 2 is 1.57 bits per heavy atom. The van der Waals surface area contributed by atoms with Crippen LogP contribution in [0.2, 0.25) is 0 Å².